The van der Waals surface area contributed by atoms with Gasteiger partial charge < -0.3 is 9.46 Å². The second kappa shape index (κ2) is 4.82. The first-order valence-corrected chi connectivity index (χ1v) is 6.49. The van der Waals surface area contributed by atoms with Gasteiger partial charge in [-0.15, -0.1) is 13.2 Å². The third kappa shape index (κ3) is 2.49. The Bertz CT molecular complexity index is 633. The molecule has 0 aromatic heterocycles. The van der Waals surface area contributed by atoms with Crippen molar-refractivity contribution in [2.75, 3.05) is 9.03 Å². The lowest BCUT2D eigenvalue weighted by Gasteiger charge is -2.20. The Balaban J connectivity index is 2.00. The maximum atomic E-state index is 12.4. The lowest BCUT2D eigenvalue weighted by molar-refractivity contribution is -0.274. The third-order valence-corrected chi connectivity index (χ3v) is 3.57. The van der Waals surface area contributed by atoms with E-state index in [1.165, 1.54) is 24.3 Å². The van der Waals surface area contributed by atoms with Gasteiger partial charge in [0.15, 0.2) is 5.75 Å². The quantitative estimate of drug-likeness (QED) is 0.811. The lowest BCUT2D eigenvalue weighted by Crippen LogP contribution is -2.18. The van der Waals surface area contributed by atoms with E-state index in [1.807, 2.05) is 24.3 Å². The van der Waals surface area contributed by atoms with Crippen LogP contribution in [0.1, 0.15) is 0 Å². The first-order chi connectivity index (χ1) is 9.54. The summed E-state index contributed by atoms with van der Waals surface area (Å²) in [7, 11) is 0. The van der Waals surface area contributed by atoms with Crippen LogP contribution < -0.4 is 13.8 Å². The highest BCUT2D eigenvalue weighted by molar-refractivity contribution is 8.02. The fourth-order valence-electron chi connectivity index (χ4n) is 1.90. The monoisotopic (exact) mass is 298 g/mol. The summed E-state index contributed by atoms with van der Waals surface area (Å²) in [6.07, 6.45) is -4.71. The number of hydrogen-bond acceptors (Lipinski definition) is 4. The molecule has 104 valence electrons. The van der Waals surface area contributed by atoms with Crippen LogP contribution in [-0.4, -0.2) is 6.36 Å². The molecule has 3 nitrogen and oxygen atoms in total. The van der Waals surface area contributed by atoms with E-state index in [-0.39, 0.29) is 5.75 Å². The van der Waals surface area contributed by atoms with Crippen molar-refractivity contribution in [1.29, 1.82) is 0 Å². The number of alkyl halides is 3. The summed E-state index contributed by atoms with van der Waals surface area (Å²) >= 11 is 1.20. The molecule has 0 atom stereocenters. The Morgan fingerprint density at radius 1 is 0.950 bits per heavy atom. The molecule has 0 saturated heterocycles. The van der Waals surface area contributed by atoms with Crippen molar-refractivity contribution < 1.29 is 17.9 Å². The van der Waals surface area contributed by atoms with E-state index in [0.29, 0.717) is 5.69 Å². The fourth-order valence-corrected chi connectivity index (χ4v) is 2.76. The first kappa shape index (κ1) is 13.0. The number of nitrogens with one attached hydrogen (secondary N) is 1. The lowest BCUT2D eigenvalue weighted by atomic mass is 10.2. The van der Waals surface area contributed by atoms with Gasteiger partial charge in [0.1, 0.15) is 0 Å². The average molecular weight is 298 g/mol. The largest absolute Gasteiger partial charge is 0.573 e. The number of ether oxygens (including phenoxy) is 1. The van der Waals surface area contributed by atoms with Crippen molar-refractivity contribution in [3.05, 3.63) is 48.5 Å². The van der Waals surface area contributed by atoms with Crippen LogP contribution in [0.25, 0.3) is 0 Å². The number of halogens is 3. The van der Waals surface area contributed by atoms with Gasteiger partial charge in [-0.3, -0.25) is 4.31 Å². The standard InChI is InChI=1S/C13H9F3N2OS/c14-13(15,16)19-12-8-4-3-7-11(12)18-10-6-2-1-5-9(10)17-20-18/h1-8,17H. The Labute approximate surface area is 117 Å². The second-order valence-electron chi connectivity index (χ2n) is 4.02. The number of para-hydroxylation sites is 4. The molecule has 20 heavy (non-hydrogen) atoms. The molecular formula is C13H9F3N2OS. The molecule has 1 aliphatic heterocycles. The van der Waals surface area contributed by atoms with Crippen LogP contribution in [0.2, 0.25) is 0 Å². The molecule has 0 fully saturated rings. The van der Waals surface area contributed by atoms with Gasteiger partial charge in [0, 0.05) is 0 Å². The molecule has 1 aliphatic rings. The first-order valence-electron chi connectivity index (χ1n) is 5.71. The molecule has 2 aromatic carbocycles. The van der Waals surface area contributed by atoms with Gasteiger partial charge in [0.25, 0.3) is 0 Å². The summed E-state index contributed by atoms with van der Waals surface area (Å²) in [6.45, 7) is 0. The molecule has 0 saturated carbocycles. The van der Waals surface area contributed by atoms with Crippen molar-refractivity contribution in [3.63, 3.8) is 0 Å². The average Bonchev–Trinajstić information content (AvgIpc) is 2.81. The van der Waals surface area contributed by atoms with Gasteiger partial charge in [-0.05, 0) is 24.3 Å². The molecule has 3 rings (SSSR count). The summed E-state index contributed by atoms with van der Waals surface area (Å²) in [5.41, 5.74) is 1.97. The SMILES string of the molecule is FC(F)(F)Oc1ccccc1N1SNc2ccccc21. The maximum absolute atomic E-state index is 12.4. The molecule has 0 unspecified atom stereocenters. The van der Waals surface area contributed by atoms with Crippen molar-refractivity contribution in [2.24, 2.45) is 0 Å². The van der Waals surface area contributed by atoms with Crippen LogP contribution >= 0.6 is 12.1 Å². The van der Waals surface area contributed by atoms with Crippen molar-refractivity contribution in [3.8, 4) is 5.75 Å². The van der Waals surface area contributed by atoms with E-state index in [9.17, 15) is 13.2 Å². The molecule has 1 heterocycles. The topological polar surface area (TPSA) is 24.5 Å². The van der Waals surface area contributed by atoms with E-state index in [1.54, 1.807) is 16.4 Å². The minimum absolute atomic E-state index is 0.231. The second-order valence-corrected chi connectivity index (χ2v) is 4.77. The van der Waals surface area contributed by atoms with Gasteiger partial charge in [-0.1, -0.05) is 24.3 Å². The molecule has 2 aromatic rings. The van der Waals surface area contributed by atoms with Crippen LogP contribution in [0.4, 0.5) is 30.2 Å². The number of nitrogens with zero attached hydrogens (tertiary/aromatic N) is 1. The zero-order valence-corrected chi connectivity index (χ0v) is 10.8. The third-order valence-electron chi connectivity index (χ3n) is 2.68. The van der Waals surface area contributed by atoms with Crippen LogP contribution in [0.3, 0.4) is 0 Å². The molecule has 0 amide bonds. The van der Waals surface area contributed by atoms with E-state index in [0.717, 1.165) is 11.4 Å². The molecule has 0 radical (unpaired) electrons. The van der Waals surface area contributed by atoms with Gasteiger partial charge in [0.2, 0.25) is 0 Å². The highest BCUT2D eigenvalue weighted by atomic mass is 32.2. The number of benzene rings is 2. The zero-order valence-electron chi connectivity index (χ0n) is 10.0. The number of anilines is 3. The Hall–Kier alpha value is -2.02. The van der Waals surface area contributed by atoms with E-state index in [2.05, 4.69) is 9.46 Å². The molecule has 0 spiro atoms. The van der Waals surface area contributed by atoms with E-state index < -0.39 is 6.36 Å². The predicted octanol–water partition coefficient (Wildman–Crippen LogP) is 4.71. The highest BCUT2D eigenvalue weighted by Crippen LogP contribution is 2.47. The van der Waals surface area contributed by atoms with Crippen LogP contribution in [0.5, 0.6) is 5.75 Å². The Morgan fingerprint density at radius 2 is 1.60 bits per heavy atom. The van der Waals surface area contributed by atoms with Crippen LogP contribution in [0.15, 0.2) is 48.5 Å². The predicted molar refractivity (Wildman–Crippen MR) is 72.9 cm³/mol. The van der Waals surface area contributed by atoms with Crippen LogP contribution in [-0.2, 0) is 0 Å². The number of fused-ring (bicyclic) bond motifs is 1. The minimum atomic E-state index is -4.71. The molecule has 1 N–H and O–H groups in total. The minimum Gasteiger partial charge on any atom is -0.404 e. The maximum Gasteiger partial charge on any atom is 0.573 e. The molecule has 0 bridgehead atoms. The van der Waals surface area contributed by atoms with Gasteiger partial charge in [0.05, 0.1) is 29.2 Å². The number of hydrogen-bond donors (Lipinski definition) is 1. The fraction of sp³-hybridized carbons (Fsp3) is 0.0769. The zero-order chi connectivity index (χ0) is 14.2. The molecular weight excluding hydrogens is 289 g/mol. The summed E-state index contributed by atoms with van der Waals surface area (Å²) in [6, 6.07) is 13.4. The van der Waals surface area contributed by atoms with Crippen molar-refractivity contribution in [1.82, 2.24) is 0 Å². The van der Waals surface area contributed by atoms with Gasteiger partial charge in [-0.25, -0.2) is 0 Å². The normalized spacial score (nSPS) is 13.8. The summed E-state index contributed by atoms with van der Waals surface area (Å²) in [5.74, 6) is -0.231. The van der Waals surface area contributed by atoms with Crippen molar-refractivity contribution >= 4 is 29.2 Å². The van der Waals surface area contributed by atoms with Crippen LogP contribution in [0, 0.1) is 0 Å². The summed E-state index contributed by atoms with van der Waals surface area (Å²) < 4.78 is 46.1. The molecule has 7 heteroatoms. The van der Waals surface area contributed by atoms with Gasteiger partial charge in [-0.2, -0.15) is 0 Å². The summed E-state index contributed by atoms with van der Waals surface area (Å²) in [5, 5.41) is 0. The Morgan fingerprint density at radius 3 is 2.35 bits per heavy atom. The number of rotatable bonds is 2. The van der Waals surface area contributed by atoms with Crippen molar-refractivity contribution in [2.45, 2.75) is 6.36 Å². The smallest absolute Gasteiger partial charge is 0.404 e. The molecule has 0 aliphatic carbocycles. The summed E-state index contributed by atoms with van der Waals surface area (Å²) in [4.78, 5) is 0. The Kier molecular flexibility index (Phi) is 3.13. The van der Waals surface area contributed by atoms with E-state index >= 15 is 0 Å². The highest BCUT2D eigenvalue weighted by Gasteiger charge is 2.33. The van der Waals surface area contributed by atoms with E-state index in [4.69, 9.17) is 0 Å². The van der Waals surface area contributed by atoms with Gasteiger partial charge >= 0.3 is 6.36 Å².